The molecule has 0 saturated heterocycles. The molecule has 0 aliphatic carbocycles. The van der Waals surface area contributed by atoms with Gasteiger partial charge in [0.15, 0.2) is 5.52 Å². The molecule has 0 bridgehead atoms. The fraction of sp³-hybridized carbons (Fsp3) is 0. The second kappa shape index (κ2) is 3.76. The predicted molar refractivity (Wildman–Crippen MR) is 46.6 cm³/mol. The van der Waals surface area contributed by atoms with Crippen molar-refractivity contribution >= 4 is 10.9 Å². The molecule has 1 heterocycles. The minimum atomic E-state index is 0. The molecular weight excluding hydrogens is 216 g/mol. The number of phenols is 1. The fourth-order valence-corrected chi connectivity index (χ4v) is 1.32. The summed E-state index contributed by atoms with van der Waals surface area (Å²) in [6, 6.07) is 9.25. The SMILES string of the molecule is [CH2-][n+]1cccc2cccc(O)c21.[Zn]. The van der Waals surface area contributed by atoms with Gasteiger partial charge in [0.05, 0.1) is 6.20 Å². The van der Waals surface area contributed by atoms with Gasteiger partial charge in [-0.15, -0.1) is 0 Å². The summed E-state index contributed by atoms with van der Waals surface area (Å²) >= 11 is 0. The van der Waals surface area contributed by atoms with Crippen molar-refractivity contribution in [1.29, 1.82) is 0 Å². The molecule has 1 N–H and O–H groups in total. The molecule has 2 nitrogen and oxygen atoms in total. The standard InChI is InChI=1S/C10H9NO.Zn/c1-11-7-3-5-8-4-2-6-9(12)10(8)11;/h2-7,12H,1H2;. The number of aromatic nitrogens is 1. The number of fused-ring (bicyclic) bond motifs is 1. The third kappa shape index (κ3) is 1.66. The van der Waals surface area contributed by atoms with Crippen LogP contribution in [0.25, 0.3) is 10.9 Å². The number of hydrogen-bond acceptors (Lipinski definition) is 1. The zero-order valence-electron chi connectivity index (χ0n) is 7.27. The third-order valence-electron chi connectivity index (χ3n) is 1.87. The average molecular weight is 225 g/mol. The van der Waals surface area contributed by atoms with E-state index >= 15 is 0 Å². The van der Waals surface area contributed by atoms with E-state index in [1.807, 2.05) is 30.5 Å². The van der Waals surface area contributed by atoms with Gasteiger partial charge < -0.3 is 9.67 Å². The number of aromatic hydroxyl groups is 1. The smallest absolute Gasteiger partial charge is 0.153 e. The van der Waals surface area contributed by atoms with E-state index < -0.39 is 0 Å². The first-order chi connectivity index (χ1) is 5.79. The zero-order valence-corrected chi connectivity index (χ0v) is 10.2. The molecule has 1 aromatic carbocycles. The molecule has 0 amide bonds. The first kappa shape index (κ1) is 10.0. The van der Waals surface area contributed by atoms with Crippen molar-refractivity contribution < 1.29 is 29.2 Å². The topological polar surface area (TPSA) is 24.1 Å². The van der Waals surface area contributed by atoms with Gasteiger partial charge in [-0.1, -0.05) is 24.3 Å². The Morgan fingerprint density at radius 1 is 1.15 bits per heavy atom. The van der Waals surface area contributed by atoms with Gasteiger partial charge in [0.1, 0.15) is 5.75 Å². The minimum Gasteiger partial charge on any atom is -0.514 e. The van der Waals surface area contributed by atoms with Gasteiger partial charge in [-0.05, 0) is 11.5 Å². The van der Waals surface area contributed by atoms with Crippen LogP contribution in [0.1, 0.15) is 0 Å². The van der Waals surface area contributed by atoms with Crippen molar-refractivity contribution in [3.63, 3.8) is 0 Å². The van der Waals surface area contributed by atoms with Crippen LogP contribution in [0.15, 0.2) is 36.5 Å². The molecule has 13 heavy (non-hydrogen) atoms. The first-order valence-electron chi connectivity index (χ1n) is 3.72. The molecule has 0 saturated carbocycles. The van der Waals surface area contributed by atoms with E-state index in [0.29, 0.717) is 0 Å². The molecule has 2 rings (SSSR count). The molecule has 0 radical (unpaired) electrons. The Hall–Kier alpha value is -1.08. The normalized spacial score (nSPS) is 9.54. The molecule has 3 heteroatoms. The molecule has 0 unspecified atom stereocenters. The molecule has 0 aliphatic heterocycles. The third-order valence-corrected chi connectivity index (χ3v) is 1.87. The van der Waals surface area contributed by atoms with E-state index in [1.54, 1.807) is 10.6 Å². The van der Waals surface area contributed by atoms with E-state index in [1.165, 1.54) is 0 Å². The molecule has 0 atom stereocenters. The summed E-state index contributed by atoms with van der Waals surface area (Å²) in [7, 11) is 3.77. The Morgan fingerprint density at radius 3 is 2.54 bits per heavy atom. The number of rotatable bonds is 0. The van der Waals surface area contributed by atoms with Gasteiger partial charge in [-0.25, -0.2) is 0 Å². The Balaban J connectivity index is 0.000000845. The van der Waals surface area contributed by atoms with Gasteiger partial charge in [0, 0.05) is 26.5 Å². The Labute approximate surface area is 89.6 Å². The van der Waals surface area contributed by atoms with E-state index in [9.17, 15) is 5.11 Å². The van der Waals surface area contributed by atoms with E-state index in [2.05, 4.69) is 7.05 Å². The van der Waals surface area contributed by atoms with E-state index in [4.69, 9.17) is 0 Å². The maximum absolute atomic E-state index is 9.49. The Kier molecular flexibility index (Phi) is 2.89. The van der Waals surface area contributed by atoms with Crippen LogP contribution >= 0.6 is 0 Å². The fourth-order valence-electron chi connectivity index (χ4n) is 1.32. The Morgan fingerprint density at radius 2 is 1.85 bits per heavy atom. The van der Waals surface area contributed by atoms with Gasteiger partial charge in [-0.3, -0.25) is 0 Å². The van der Waals surface area contributed by atoms with Crippen LogP contribution < -0.4 is 4.57 Å². The van der Waals surface area contributed by atoms with Crippen LogP contribution in [0, 0.1) is 7.05 Å². The number of nitrogens with zero attached hydrogens (tertiary/aromatic N) is 1. The number of hydrogen-bond donors (Lipinski definition) is 1. The van der Waals surface area contributed by atoms with Crippen LogP contribution in [0.3, 0.4) is 0 Å². The number of pyridine rings is 1. The van der Waals surface area contributed by atoms with Crippen molar-refractivity contribution in [2.45, 2.75) is 0 Å². The first-order valence-corrected chi connectivity index (χ1v) is 3.72. The van der Waals surface area contributed by atoms with Crippen LogP contribution in [0.4, 0.5) is 0 Å². The predicted octanol–water partition coefficient (Wildman–Crippen LogP) is 1.47. The van der Waals surface area contributed by atoms with Crippen molar-refractivity contribution in [2.75, 3.05) is 0 Å². The van der Waals surface area contributed by atoms with Crippen LogP contribution in [0.2, 0.25) is 0 Å². The summed E-state index contributed by atoms with van der Waals surface area (Å²) in [6.07, 6.45) is 1.81. The summed E-state index contributed by atoms with van der Waals surface area (Å²) in [6.45, 7) is 0. The van der Waals surface area contributed by atoms with Crippen molar-refractivity contribution in [3.8, 4) is 5.75 Å². The molecule has 2 aromatic rings. The summed E-state index contributed by atoms with van der Waals surface area (Å²) in [5.74, 6) is 0.267. The number of phenolic OH excluding ortho intramolecular Hbond substituents is 1. The van der Waals surface area contributed by atoms with Gasteiger partial charge >= 0.3 is 0 Å². The van der Waals surface area contributed by atoms with Gasteiger partial charge in [0.2, 0.25) is 0 Å². The molecule has 62 valence electrons. The summed E-state index contributed by atoms with van der Waals surface area (Å²) < 4.78 is 1.66. The average Bonchev–Trinajstić information content (AvgIpc) is 2.04. The van der Waals surface area contributed by atoms with Crippen LogP contribution in [-0.2, 0) is 19.5 Å². The maximum Gasteiger partial charge on any atom is 0.153 e. The molecular formula is C10H9NOZn. The summed E-state index contributed by atoms with van der Waals surface area (Å²) in [4.78, 5) is 0. The van der Waals surface area contributed by atoms with Crippen LogP contribution in [0.5, 0.6) is 5.75 Å². The van der Waals surface area contributed by atoms with Crippen LogP contribution in [-0.4, -0.2) is 5.11 Å². The van der Waals surface area contributed by atoms with Crippen molar-refractivity contribution in [2.24, 2.45) is 0 Å². The van der Waals surface area contributed by atoms with Crippen molar-refractivity contribution in [3.05, 3.63) is 43.6 Å². The van der Waals surface area contributed by atoms with Crippen molar-refractivity contribution in [1.82, 2.24) is 0 Å². The second-order valence-corrected chi connectivity index (χ2v) is 2.69. The maximum atomic E-state index is 9.49. The molecule has 0 fully saturated rings. The van der Waals surface area contributed by atoms with Gasteiger partial charge in [0.25, 0.3) is 0 Å². The minimum absolute atomic E-state index is 0. The number of para-hydroxylation sites is 1. The molecule has 0 spiro atoms. The monoisotopic (exact) mass is 223 g/mol. The largest absolute Gasteiger partial charge is 0.514 e. The second-order valence-electron chi connectivity index (χ2n) is 2.69. The quantitative estimate of drug-likeness (QED) is 0.409. The summed E-state index contributed by atoms with van der Waals surface area (Å²) in [5, 5.41) is 10.5. The zero-order chi connectivity index (χ0) is 8.55. The van der Waals surface area contributed by atoms with E-state index in [0.717, 1.165) is 10.9 Å². The Bertz CT molecular complexity index is 391. The van der Waals surface area contributed by atoms with E-state index in [-0.39, 0.29) is 25.2 Å². The van der Waals surface area contributed by atoms with Gasteiger partial charge in [-0.2, -0.15) is 0 Å². The molecule has 1 aromatic heterocycles. The number of benzene rings is 1. The molecule has 0 aliphatic rings. The summed E-state index contributed by atoms with van der Waals surface area (Å²) in [5.41, 5.74) is 0.764.